The molecule has 0 aliphatic carbocycles. The first-order valence-corrected chi connectivity index (χ1v) is 9.05. The highest BCUT2D eigenvalue weighted by molar-refractivity contribution is 6.04. The molecule has 0 radical (unpaired) electrons. The van der Waals surface area contributed by atoms with Gasteiger partial charge >= 0.3 is 0 Å². The lowest BCUT2D eigenvalue weighted by molar-refractivity contribution is -0.116. The maximum atomic E-state index is 12.8. The lowest BCUT2D eigenvalue weighted by Crippen LogP contribution is -2.27. The van der Waals surface area contributed by atoms with Gasteiger partial charge in [0.25, 0.3) is 5.56 Å². The minimum Gasteiger partial charge on any atom is -0.494 e. The number of benzene rings is 2. The Balaban J connectivity index is 1.57. The number of ether oxygens (including phenoxy) is 1. The molecule has 0 aliphatic heterocycles. The summed E-state index contributed by atoms with van der Waals surface area (Å²) in [4.78, 5) is 32.7. The number of aromatic nitrogens is 3. The van der Waals surface area contributed by atoms with E-state index in [1.807, 2.05) is 32.0 Å². The summed E-state index contributed by atoms with van der Waals surface area (Å²) < 4.78 is 6.68. The van der Waals surface area contributed by atoms with E-state index in [9.17, 15) is 9.59 Å². The monoisotopic (exact) mass is 376 g/mol. The molecule has 0 atom stereocenters. The highest BCUT2D eigenvalue weighted by atomic mass is 16.5. The molecule has 0 bridgehead atoms. The van der Waals surface area contributed by atoms with E-state index in [2.05, 4.69) is 15.3 Å². The molecular formula is C21H20N4O3. The predicted molar refractivity (Wildman–Crippen MR) is 109 cm³/mol. The van der Waals surface area contributed by atoms with Crippen molar-refractivity contribution < 1.29 is 9.53 Å². The van der Waals surface area contributed by atoms with E-state index in [0.29, 0.717) is 23.3 Å². The van der Waals surface area contributed by atoms with Gasteiger partial charge in [0.2, 0.25) is 5.91 Å². The average molecular weight is 376 g/mol. The van der Waals surface area contributed by atoms with Gasteiger partial charge in [-0.05, 0) is 50.2 Å². The first kappa shape index (κ1) is 17.8. The van der Waals surface area contributed by atoms with Gasteiger partial charge < -0.3 is 15.0 Å². The second kappa shape index (κ2) is 7.19. The highest BCUT2D eigenvalue weighted by Crippen LogP contribution is 2.22. The molecule has 2 aromatic carbocycles. The lowest BCUT2D eigenvalue weighted by Gasteiger charge is -2.08. The molecule has 28 heavy (non-hydrogen) atoms. The number of anilines is 1. The fourth-order valence-electron chi connectivity index (χ4n) is 3.17. The summed E-state index contributed by atoms with van der Waals surface area (Å²) in [6, 6.07) is 13.0. The van der Waals surface area contributed by atoms with Gasteiger partial charge in [-0.1, -0.05) is 11.6 Å². The molecule has 0 saturated heterocycles. The van der Waals surface area contributed by atoms with Crippen LogP contribution in [0.25, 0.3) is 21.9 Å². The number of hydrogen-bond acceptors (Lipinski definition) is 4. The number of carbonyl (C=O) groups excluding carboxylic acids is 1. The summed E-state index contributed by atoms with van der Waals surface area (Å²) in [6.07, 6.45) is 1.41. The summed E-state index contributed by atoms with van der Waals surface area (Å²) in [5, 5.41) is 3.68. The number of rotatable bonds is 5. The van der Waals surface area contributed by atoms with E-state index >= 15 is 0 Å². The predicted octanol–water partition coefficient (Wildman–Crippen LogP) is 3.22. The second-order valence-electron chi connectivity index (χ2n) is 6.58. The second-order valence-corrected chi connectivity index (χ2v) is 6.58. The number of hydrogen-bond donors (Lipinski definition) is 2. The fraction of sp³-hybridized carbons (Fsp3) is 0.190. The normalized spacial score (nSPS) is 11.1. The molecular weight excluding hydrogens is 356 g/mol. The molecule has 4 aromatic rings. The molecule has 1 amide bonds. The maximum absolute atomic E-state index is 12.8. The van der Waals surface area contributed by atoms with Crippen LogP contribution in [0.3, 0.4) is 0 Å². The lowest BCUT2D eigenvalue weighted by atomic mass is 10.2. The summed E-state index contributed by atoms with van der Waals surface area (Å²) in [7, 11) is 0. The molecule has 2 N–H and O–H groups in total. The van der Waals surface area contributed by atoms with E-state index in [-0.39, 0.29) is 18.0 Å². The van der Waals surface area contributed by atoms with Crippen LogP contribution in [0.4, 0.5) is 5.69 Å². The van der Waals surface area contributed by atoms with Crippen LogP contribution in [0.1, 0.15) is 12.5 Å². The van der Waals surface area contributed by atoms with Crippen LogP contribution in [0, 0.1) is 6.92 Å². The van der Waals surface area contributed by atoms with Gasteiger partial charge in [0.1, 0.15) is 23.3 Å². The zero-order chi connectivity index (χ0) is 19.7. The third kappa shape index (κ3) is 3.34. The minimum absolute atomic E-state index is 0.122. The number of amides is 1. The minimum atomic E-state index is -0.306. The molecule has 2 aromatic heterocycles. The van der Waals surface area contributed by atoms with Crippen molar-refractivity contribution in [2.75, 3.05) is 11.9 Å². The zero-order valence-corrected chi connectivity index (χ0v) is 15.7. The topological polar surface area (TPSA) is 89.0 Å². The Morgan fingerprint density at radius 2 is 2.00 bits per heavy atom. The Bertz CT molecular complexity index is 1220. The van der Waals surface area contributed by atoms with E-state index < -0.39 is 0 Å². The molecule has 4 rings (SSSR count). The van der Waals surface area contributed by atoms with E-state index in [0.717, 1.165) is 22.2 Å². The summed E-state index contributed by atoms with van der Waals surface area (Å²) in [5.41, 5.74) is 3.32. The fourth-order valence-corrected chi connectivity index (χ4v) is 3.17. The summed E-state index contributed by atoms with van der Waals surface area (Å²) >= 11 is 0. The third-order valence-corrected chi connectivity index (χ3v) is 4.49. The van der Waals surface area contributed by atoms with Crippen LogP contribution in [-0.2, 0) is 11.3 Å². The Hall–Kier alpha value is -3.61. The number of aromatic amines is 1. The van der Waals surface area contributed by atoms with Crippen molar-refractivity contribution in [1.82, 2.24) is 14.5 Å². The Morgan fingerprint density at radius 1 is 1.21 bits per heavy atom. The largest absolute Gasteiger partial charge is 0.494 e. The van der Waals surface area contributed by atoms with Gasteiger partial charge in [0.15, 0.2) is 0 Å². The van der Waals surface area contributed by atoms with Crippen molar-refractivity contribution in [3.8, 4) is 5.75 Å². The molecule has 7 heteroatoms. The van der Waals surface area contributed by atoms with Crippen LogP contribution in [0.15, 0.2) is 53.6 Å². The van der Waals surface area contributed by atoms with Crippen molar-refractivity contribution >= 4 is 33.5 Å². The number of carbonyl (C=O) groups is 1. The van der Waals surface area contributed by atoms with E-state index in [1.165, 1.54) is 10.9 Å². The van der Waals surface area contributed by atoms with Crippen LogP contribution in [-0.4, -0.2) is 27.0 Å². The van der Waals surface area contributed by atoms with Crippen molar-refractivity contribution in [2.45, 2.75) is 20.4 Å². The smallest absolute Gasteiger partial charge is 0.278 e. The standard InChI is InChI=1S/C21H20N4O3/c1-3-28-15-7-5-14(6-8-15)23-18(26)11-25-12-22-19-16-10-13(2)4-9-17(16)24-20(19)21(25)27/h4-10,12,24H,3,11H2,1-2H3,(H,23,26). The van der Waals surface area contributed by atoms with Crippen LogP contribution in [0.5, 0.6) is 5.75 Å². The average Bonchev–Trinajstić information content (AvgIpc) is 3.04. The zero-order valence-electron chi connectivity index (χ0n) is 15.7. The van der Waals surface area contributed by atoms with Gasteiger partial charge in [-0.3, -0.25) is 14.2 Å². The quantitative estimate of drug-likeness (QED) is 0.560. The first-order chi connectivity index (χ1) is 13.5. The molecule has 2 heterocycles. The Labute approximate surface area is 161 Å². The van der Waals surface area contributed by atoms with Crippen molar-refractivity contribution in [1.29, 1.82) is 0 Å². The summed E-state index contributed by atoms with van der Waals surface area (Å²) in [5.74, 6) is 0.430. The molecule has 0 fully saturated rings. The maximum Gasteiger partial charge on any atom is 0.278 e. The van der Waals surface area contributed by atoms with Gasteiger partial charge in [-0.15, -0.1) is 0 Å². The molecule has 142 valence electrons. The van der Waals surface area contributed by atoms with Gasteiger partial charge in [-0.2, -0.15) is 0 Å². The number of nitrogens with one attached hydrogen (secondary N) is 2. The molecule has 0 aliphatic rings. The molecule has 7 nitrogen and oxygen atoms in total. The van der Waals surface area contributed by atoms with Crippen molar-refractivity contribution in [3.63, 3.8) is 0 Å². The van der Waals surface area contributed by atoms with Crippen LogP contribution >= 0.6 is 0 Å². The number of fused-ring (bicyclic) bond motifs is 3. The van der Waals surface area contributed by atoms with Crippen LogP contribution < -0.4 is 15.6 Å². The van der Waals surface area contributed by atoms with Gasteiger partial charge in [0.05, 0.1) is 12.9 Å². The number of nitrogens with zero attached hydrogens (tertiary/aromatic N) is 2. The highest BCUT2D eigenvalue weighted by Gasteiger charge is 2.13. The molecule has 0 unspecified atom stereocenters. The molecule has 0 saturated carbocycles. The third-order valence-electron chi connectivity index (χ3n) is 4.49. The Kier molecular flexibility index (Phi) is 4.57. The van der Waals surface area contributed by atoms with Gasteiger partial charge in [-0.25, -0.2) is 4.98 Å². The van der Waals surface area contributed by atoms with E-state index in [1.54, 1.807) is 24.3 Å². The van der Waals surface area contributed by atoms with Crippen LogP contribution in [0.2, 0.25) is 0 Å². The van der Waals surface area contributed by atoms with Crippen molar-refractivity contribution in [2.24, 2.45) is 0 Å². The summed E-state index contributed by atoms with van der Waals surface area (Å²) in [6.45, 7) is 4.36. The van der Waals surface area contributed by atoms with E-state index in [4.69, 9.17) is 4.74 Å². The van der Waals surface area contributed by atoms with Gasteiger partial charge in [0, 0.05) is 16.6 Å². The molecule has 0 spiro atoms. The Morgan fingerprint density at radius 3 is 2.75 bits per heavy atom. The number of aryl methyl sites for hydroxylation is 1. The first-order valence-electron chi connectivity index (χ1n) is 9.05. The van der Waals surface area contributed by atoms with Crippen molar-refractivity contribution in [3.05, 3.63) is 64.7 Å². The number of H-pyrrole nitrogens is 1. The SMILES string of the molecule is CCOc1ccc(NC(=O)Cn2cnc3c([nH]c4ccc(C)cc43)c2=O)cc1.